The first-order chi connectivity index (χ1) is 8.19. The molecule has 96 valence electrons. The van der Waals surface area contributed by atoms with Crippen LogP contribution in [0.4, 0.5) is 10.9 Å². The van der Waals surface area contributed by atoms with Crippen LogP contribution in [0.3, 0.4) is 0 Å². The molecule has 17 heavy (non-hydrogen) atoms. The molecule has 1 rings (SSSR count). The lowest BCUT2D eigenvalue weighted by Gasteiger charge is -2.01. The van der Waals surface area contributed by atoms with E-state index in [-0.39, 0.29) is 11.7 Å². The van der Waals surface area contributed by atoms with Gasteiger partial charge in [0.2, 0.25) is 0 Å². The van der Waals surface area contributed by atoms with Gasteiger partial charge in [-0.15, -0.1) is 0 Å². The summed E-state index contributed by atoms with van der Waals surface area (Å²) in [5.74, 6) is 0.0943. The minimum atomic E-state index is -0.182. The second-order valence-electron chi connectivity index (χ2n) is 3.56. The van der Waals surface area contributed by atoms with Crippen LogP contribution in [0.5, 0.6) is 0 Å². The molecule has 0 fully saturated rings. The molecule has 7 heteroatoms. The van der Waals surface area contributed by atoms with Crippen molar-refractivity contribution in [3.63, 3.8) is 0 Å². The standard InChI is InChI=1S/C10H19N5OS/c1-2-5-14-10-15-8(12)7(17-10)9(16)13-6-3-4-11/h2-6,11-12H2,1H3,(H,13,16)(H,14,15). The summed E-state index contributed by atoms with van der Waals surface area (Å²) in [5, 5.41) is 6.55. The molecule has 0 saturated heterocycles. The average molecular weight is 257 g/mol. The van der Waals surface area contributed by atoms with Gasteiger partial charge < -0.3 is 22.1 Å². The Kier molecular flexibility index (Phi) is 5.71. The first-order valence-electron chi connectivity index (χ1n) is 5.67. The molecular formula is C10H19N5OS. The average Bonchev–Trinajstić information content (AvgIpc) is 2.68. The van der Waals surface area contributed by atoms with Gasteiger partial charge in [-0.25, -0.2) is 4.98 Å². The van der Waals surface area contributed by atoms with E-state index in [9.17, 15) is 4.79 Å². The number of amides is 1. The van der Waals surface area contributed by atoms with Crippen LogP contribution in [0, 0.1) is 0 Å². The lowest BCUT2D eigenvalue weighted by molar-refractivity contribution is 0.0958. The maximum absolute atomic E-state index is 11.7. The van der Waals surface area contributed by atoms with E-state index in [1.54, 1.807) is 0 Å². The number of hydrogen-bond acceptors (Lipinski definition) is 6. The zero-order valence-electron chi connectivity index (χ0n) is 9.95. The summed E-state index contributed by atoms with van der Waals surface area (Å²) in [6.45, 7) is 4.00. The molecule has 0 unspecified atom stereocenters. The third-order valence-electron chi connectivity index (χ3n) is 2.05. The zero-order valence-corrected chi connectivity index (χ0v) is 10.8. The van der Waals surface area contributed by atoms with Crippen molar-refractivity contribution >= 4 is 28.2 Å². The third kappa shape index (κ3) is 4.20. The van der Waals surface area contributed by atoms with Crippen LogP contribution in [0.2, 0.25) is 0 Å². The molecule has 1 aromatic heterocycles. The van der Waals surface area contributed by atoms with Gasteiger partial charge in [-0.2, -0.15) is 0 Å². The first-order valence-corrected chi connectivity index (χ1v) is 6.49. The Labute approximate surface area is 105 Å². The molecule has 6 nitrogen and oxygen atoms in total. The number of carbonyl (C=O) groups excluding carboxylic acids is 1. The van der Waals surface area contributed by atoms with Gasteiger partial charge in [0.1, 0.15) is 10.7 Å². The Morgan fingerprint density at radius 1 is 1.47 bits per heavy atom. The highest BCUT2D eigenvalue weighted by atomic mass is 32.1. The number of aromatic nitrogens is 1. The normalized spacial score (nSPS) is 10.2. The first kappa shape index (κ1) is 13.7. The lowest BCUT2D eigenvalue weighted by Crippen LogP contribution is -2.25. The predicted molar refractivity (Wildman–Crippen MR) is 71.3 cm³/mol. The number of nitrogens with two attached hydrogens (primary N) is 2. The molecule has 0 aliphatic heterocycles. The summed E-state index contributed by atoms with van der Waals surface area (Å²) in [4.78, 5) is 16.3. The van der Waals surface area contributed by atoms with E-state index in [2.05, 4.69) is 22.5 Å². The molecule has 1 amide bonds. The number of nitrogen functional groups attached to an aromatic ring is 1. The second-order valence-corrected chi connectivity index (χ2v) is 4.56. The van der Waals surface area contributed by atoms with E-state index in [0.29, 0.717) is 23.1 Å². The zero-order chi connectivity index (χ0) is 12.7. The molecule has 0 aliphatic rings. The van der Waals surface area contributed by atoms with Crippen molar-refractivity contribution in [3.8, 4) is 0 Å². The summed E-state index contributed by atoms with van der Waals surface area (Å²) < 4.78 is 0. The van der Waals surface area contributed by atoms with Gasteiger partial charge in [-0.3, -0.25) is 4.79 Å². The third-order valence-corrected chi connectivity index (χ3v) is 3.08. The fraction of sp³-hybridized carbons (Fsp3) is 0.600. The Balaban J connectivity index is 2.57. The second kappa shape index (κ2) is 7.08. The monoisotopic (exact) mass is 257 g/mol. The van der Waals surface area contributed by atoms with Crippen LogP contribution >= 0.6 is 11.3 Å². The number of anilines is 2. The van der Waals surface area contributed by atoms with Crippen molar-refractivity contribution in [2.45, 2.75) is 19.8 Å². The van der Waals surface area contributed by atoms with E-state index < -0.39 is 0 Å². The van der Waals surface area contributed by atoms with Crippen molar-refractivity contribution in [2.24, 2.45) is 5.73 Å². The molecular weight excluding hydrogens is 238 g/mol. The van der Waals surface area contributed by atoms with E-state index in [4.69, 9.17) is 11.5 Å². The maximum Gasteiger partial charge on any atom is 0.265 e. The number of thiazole rings is 1. The molecule has 0 aromatic carbocycles. The van der Waals surface area contributed by atoms with E-state index in [1.807, 2.05) is 0 Å². The molecule has 1 aromatic rings. The highest BCUT2D eigenvalue weighted by molar-refractivity contribution is 7.18. The largest absolute Gasteiger partial charge is 0.382 e. The van der Waals surface area contributed by atoms with Crippen molar-refractivity contribution < 1.29 is 4.79 Å². The van der Waals surface area contributed by atoms with Crippen LogP contribution in [0.25, 0.3) is 0 Å². The van der Waals surface area contributed by atoms with Gasteiger partial charge in [-0.05, 0) is 19.4 Å². The number of rotatable bonds is 7. The molecule has 6 N–H and O–H groups in total. The Bertz CT molecular complexity index is 366. The van der Waals surface area contributed by atoms with Crippen molar-refractivity contribution in [1.29, 1.82) is 0 Å². The fourth-order valence-electron chi connectivity index (χ4n) is 1.19. The number of carbonyl (C=O) groups is 1. The smallest absolute Gasteiger partial charge is 0.265 e. The Morgan fingerprint density at radius 3 is 2.88 bits per heavy atom. The highest BCUT2D eigenvalue weighted by Gasteiger charge is 2.15. The molecule has 0 bridgehead atoms. The van der Waals surface area contributed by atoms with Crippen LogP contribution in [-0.2, 0) is 0 Å². The summed E-state index contributed by atoms with van der Waals surface area (Å²) in [6.07, 6.45) is 1.75. The van der Waals surface area contributed by atoms with E-state index in [1.165, 1.54) is 11.3 Å². The van der Waals surface area contributed by atoms with Gasteiger partial charge >= 0.3 is 0 Å². The molecule has 0 saturated carbocycles. The molecule has 0 atom stereocenters. The van der Waals surface area contributed by atoms with Crippen LogP contribution in [0.15, 0.2) is 0 Å². The fourth-order valence-corrected chi connectivity index (χ4v) is 2.01. The van der Waals surface area contributed by atoms with Crippen molar-refractivity contribution in [2.75, 3.05) is 30.7 Å². The van der Waals surface area contributed by atoms with Crippen molar-refractivity contribution in [3.05, 3.63) is 4.88 Å². The molecule has 1 heterocycles. The number of hydrogen-bond donors (Lipinski definition) is 4. The van der Waals surface area contributed by atoms with Crippen LogP contribution < -0.4 is 22.1 Å². The summed E-state index contributed by atoms with van der Waals surface area (Å²) in [7, 11) is 0. The van der Waals surface area contributed by atoms with Gasteiger partial charge in [0.15, 0.2) is 5.13 Å². The van der Waals surface area contributed by atoms with Crippen molar-refractivity contribution in [1.82, 2.24) is 10.3 Å². The summed E-state index contributed by atoms with van der Waals surface area (Å²) >= 11 is 1.28. The van der Waals surface area contributed by atoms with E-state index >= 15 is 0 Å². The Hall–Kier alpha value is -1.34. The SMILES string of the molecule is CCCNc1nc(N)c(C(=O)NCCCN)s1. The maximum atomic E-state index is 11.7. The van der Waals surface area contributed by atoms with Gasteiger partial charge in [0.05, 0.1) is 0 Å². The van der Waals surface area contributed by atoms with Gasteiger partial charge in [0.25, 0.3) is 5.91 Å². The highest BCUT2D eigenvalue weighted by Crippen LogP contribution is 2.24. The van der Waals surface area contributed by atoms with Crippen LogP contribution in [0.1, 0.15) is 29.4 Å². The lowest BCUT2D eigenvalue weighted by atomic mass is 10.4. The topological polar surface area (TPSA) is 106 Å². The molecule has 0 aliphatic carbocycles. The molecule has 0 radical (unpaired) electrons. The number of nitrogens with zero attached hydrogens (tertiary/aromatic N) is 1. The van der Waals surface area contributed by atoms with E-state index in [0.717, 1.165) is 19.4 Å². The minimum absolute atomic E-state index is 0.182. The summed E-state index contributed by atoms with van der Waals surface area (Å²) in [5.41, 5.74) is 11.0. The summed E-state index contributed by atoms with van der Waals surface area (Å²) in [6, 6.07) is 0. The molecule has 0 spiro atoms. The predicted octanol–water partition coefficient (Wildman–Crippen LogP) is 0.626. The Morgan fingerprint density at radius 2 is 2.24 bits per heavy atom. The van der Waals surface area contributed by atoms with Gasteiger partial charge in [-0.1, -0.05) is 18.3 Å². The van der Waals surface area contributed by atoms with Crippen LogP contribution in [-0.4, -0.2) is 30.5 Å². The van der Waals surface area contributed by atoms with Gasteiger partial charge in [0, 0.05) is 13.1 Å². The number of nitrogens with one attached hydrogen (secondary N) is 2. The minimum Gasteiger partial charge on any atom is -0.382 e. The quantitative estimate of drug-likeness (QED) is 0.536.